The van der Waals surface area contributed by atoms with Crippen LogP contribution in [0, 0.1) is 0 Å². The van der Waals surface area contributed by atoms with Gasteiger partial charge in [-0.25, -0.2) is 4.79 Å². The normalized spacial score (nSPS) is 16.8. The molecule has 8 nitrogen and oxygen atoms in total. The smallest absolute Gasteiger partial charge is 0.340 e. The molecule has 0 amide bonds. The van der Waals surface area contributed by atoms with E-state index in [0.717, 1.165) is 0 Å². The summed E-state index contributed by atoms with van der Waals surface area (Å²) in [4.78, 5) is 11.7. The fourth-order valence-corrected chi connectivity index (χ4v) is 1.58. The second kappa shape index (κ2) is 7.91. The SMILES string of the molecule is Nc1ccccc1C(=O)OC[C@@H](O)[C@@H](O)[C@@H](O)[C@H](O)CO. The van der Waals surface area contributed by atoms with Gasteiger partial charge in [0.25, 0.3) is 0 Å². The van der Waals surface area contributed by atoms with Crippen LogP contribution in [0.3, 0.4) is 0 Å². The van der Waals surface area contributed by atoms with Gasteiger partial charge in [-0.05, 0) is 12.1 Å². The van der Waals surface area contributed by atoms with Crippen LogP contribution in [0.5, 0.6) is 0 Å². The number of anilines is 1. The van der Waals surface area contributed by atoms with Gasteiger partial charge in [-0.3, -0.25) is 0 Å². The Balaban J connectivity index is 2.55. The van der Waals surface area contributed by atoms with E-state index in [1.165, 1.54) is 12.1 Å². The van der Waals surface area contributed by atoms with E-state index in [2.05, 4.69) is 0 Å². The van der Waals surface area contributed by atoms with Crippen molar-refractivity contribution in [1.29, 1.82) is 0 Å². The van der Waals surface area contributed by atoms with Gasteiger partial charge in [-0.15, -0.1) is 0 Å². The Hall–Kier alpha value is -1.71. The largest absolute Gasteiger partial charge is 0.459 e. The zero-order valence-corrected chi connectivity index (χ0v) is 11.2. The Morgan fingerprint density at radius 1 is 1.10 bits per heavy atom. The summed E-state index contributed by atoms with van der Waals surface area (Å²) in [7, 11) is 0. The molecule has 1 aromatic carbocycles. The fraction of sp³-hybridized carbons (Fsp3) is 0.462. The van der Waals surface area contributed by atoms with E-state index in [0.29, 0.717) is 0 Å². The number of esters is 1. The third kappa shape index (κ3) is 4.66. The van der Waals surface area contributed by atoms with Gasteiger partial charge in [0.15, 0.2) is 0 Å². The molecule has 118 valence electrons. The predicted octanol–water partition coefficient (Wildman–Crippen LogP) is -2.14. The molecular weight excluding hydrogens is 282 g/mol. The number of ether oxygens (including phenoxy) is 1. The van der Waals surface area contributed by atoms with Crippen molar-refractivity contribution in [2.75, 3.05) is 18.9 Å². The third-order valence-corrected chi connectivity index (χ3v) is 2.89. The lowest BCUT2D eigenvalue weighted by Gasteiger charge is -2.25. The molecule has 0 aliphatic heterocycles. The molecule has 0 aliphatic rings. The van der Waals surface area contributed by atoms with Crippen LogP contribution < -0.4 is 5.73 Å². The molecule has 0 spiro atoms. The lowest BCUT2D eigenvalue weighted by molar-refractivity contribution is -0.124. The number of carbonyl (C=O) groups is 1. The van der Waals surface area contributed by atoms with Gasteiger partial charge in [0.1, 0.15) is 31.0 Å². The molecule has 8 heteroatoms. The summed E-state index contributed by atoms with van der Waals surface area (Å²) in [5, 5.41) is 46.3. The minimum absolute atomic E-state index is 0.107. The highest BCUT2D eigenvalue weighted by Crippen LogP contribution is 2.13. The van der Waals surface area contributed by atoms with E-state index in [1.54, 1.807) is 12.1 Å². The van der Waals surface area contributed by atoms with E-state index in [-0.39, 0.29) is 11.3 Å². The van der Waals surface area contributed by atoms with E-state index in [4.69, 9.17) is 20.7 Å². The summed E-state index contributed by atoms with van der Waals surface area (Å²) in [6.07, 6.45) is -6.80. The molecule has 0 bridgehead atoms. The van der Waals surface area contributed by atoms with Crippen molar-refractivity contribution in [2.45, 2.75) is 24.4 Å². The molecule has 0 saturated carbocycles. The molecule has 7 N–H and O–H groups in total. The number of nitrogen functional groups attached to an aromatic ring is 1. The first-order valence-corrected chi connectivity index (χ1v) is 6.23. The molecule has 0 unspecified atom stereocenters. The van der Waals surface area contributed by atoms with Crippen molar-refractivity contribution < 1.29 is 35.1 Å². The van der Waals surface area contributed by atoms with Crippen molar-refractivity contribution in [2.24, 2.45) is 0 Å². The number of hydrogen-bond acceptors (Lipinski definition) is 8. The first-order valence-electron chi connectivity index (χ1n) is 6.23. The number of benzene rings is 1. The van der Waals surface area contributed by atoms with Gasteiger partial charge in [-0.1, -0.05) is 12.1 Å². The lowest BCUT2D eigenvalue weighted by atomic mass is 10.0. The number of rotatable bonds is 7. The molecule has 1 aromatic rings. The summed E-state index contributed by atoms with van der Waals surface area (Å²) in [6.45, 7) is -1.39. The Kier molecular flexibility index (Phi) is 6.53. The molecule has 0 fully saturated rings. The highest BCUT2D eigenvalue weighted by molar-refractivity contribution is 5.94. The second-order valence-corrected chi connectivity index (χ2v) is 4.48. The Morgan fingerprint density at radius 2 is 1.67 bits per heavy atom. The van der Waals surface area contributed by atoms with Gasteiger partial charge in [0.2, 0.25) is 0 Å². The van der Waals surface area contributed by atoms with Crippen LogP contribution in [0.1, 0.15) is 10.4 Å². The average molecular weight is 301 g/mol. The van der Waals surface area contributed by atoms with Crippen LogP contribution >= 0.6 is 0 Å². The molecule has 21 heavy (non-hydrogen) atoms. The maximum Gasteiger partial charge on any atom is 0.340 e. The van der Waals surface area contributed by atoms with Crippen molar-refractivity contribution in [3.05, 3.63) is 29.8 Å². The maximum atomic E-state index is 11.7. The van der Waals surface area contributed by atoms with Crippen LogP contribution in [0.25, 0.3) is 0 Å². The highest BCUT2D eigenvalue weighted by Gasteiger charge is 2.30. The van der Waals surface area contributed by atoms with Crippen LogP contribution in [-0.2, 0) is 4.74 Å². The standard InChI is InChI=1S/C13H19NO7/c14-8-4-2-1-3-7(8)13(20)21-6-10(17)12(19)11(18)9(16)5-15/h1-4,9-12,15-19H,5-6,14H2/t9-,10-,11+,12-/m1/s1. The van der Waals surface area contributed by atoms with Crippen molar-refractivity contribution in [3.8, 4) is 0 Å². The predicted molar refractivity (Wildman–Crippen MR) is 72.2 cm³/mol. The fourth-order valence-electron chi connectivity index (χ4n) is 1.58. The molecule has 4 atom stereocenters. The number of hydrogen-bond donors (Lipinski definition) is 6. The summed E-state index contributed by atoms with van der Waals surface area (Å²) >= 11 is 0. The monoisotopic (exact) mass is 301 g/mol. The van der Waals surface area contributed by atoms with Crippen molar-refractivity contribution in [1.82, 2.24) is 0 Å². The lowest BCUT2D eigenvalue weighted by Crippen LogP contribution is -2.47. The quantitative estimate of drug-likeness (QED) is 0.246. The Labute approximate surface area is 121 Å². The minimum Gasteiger partial charge on any atom is -0.459 e. The van der Waals surface area contributed by atoms with E-state index >= 15 is 0 Å². The highest BCUT2D eigenvalue weighted by atomic mass is 16.5. The number of aliphatic hydroxyl groups excluding tert-OH is 5. The van der Waals surface area contributed by atoms with Crippen molar-refractivity contribution >= 4 is 11.7 Å². The summed E-state index contributed by atoms with van der Waals surface area (Å²) < 4.78 is 4.77. The molecule has 1 rings (SSSR count). The van der Waals surface area contributed by atoms with Crippen LogP contribution in [0.4, 0.5) is 5.69 Å². The summed E-state index contributed by atoms with van der Waals surface area (Å²) in [6, 6.07) is 6.16. The van der Waals surface area contributed by atoms with E-state index in [1.807, 2.05) is 0 Å². The molecule has 0 aromatic heterocycles. The minimum atomic E-state index is -1.78. The zero-order chi connectivity index (χ0) is 16.0. The van der Waals surface area contributed by atoms with Gasteiger partial charge < -0.3 is 36.0 Å². The Bertz CT molecular complexity index is 468. The first kappa shape index (κ1) is 17.3. The molecule has 0 aliphatic carbocycles. The first-order chi connectivity index (χ1) is 9.88. The van der Waals surface area contributed by atoms with E-state index in [9.17, 15) is 20.1 Å². The second-order valence-electron chi connectivity index (χ2n) is 4.48. The average Bonchev–Trinajstić information content (AvgIpc) is 2.50. The Morgan fingerprint density at radius 3 is 2.24 bits per heavy atom. The molecular formula is C13H19NO7. The molecule has 0 radical (unpaired) electrons. The maximum absolute atomic E-state index is 11.7. The zero-order valence-electron chi connectivity index (χ0n) is 11.2. The van der Waals surface area contributed by atoms with Crippen molar-refractivity contribution in [3.63, 3.8) is 0 Å². The summed E-state index contributed by atoms with van der Waals surface area (Å²) in [5.74, 6) is -0.795. The number of aliphatic hydroxyl groups is 5. The topological polar surface area (TPSA) is 153 Å². The number of carbonyl (C=O) groups excluding carboxylic acids is 1. The van der Waals surface area contributed by atoms with Gasteiger partial charge in [-0.2, -0.15) is 0 Å². The molecule has 0 saturated heterocycles. The molecule has 0 heterocycles. The van der Waals surface area contributed by atoms with Gasteiger partial charge in [0, 0.05) is 5.69 Å². The van der Waals surface area contributed by atoms with Gasteiger partial charge in [0.05, 0.1) is 12.2 Å². The van der Waals surface area contributed by atoms with Crippen LogP contribution in [-0.4, -0.2) is 69.1 Å². The van der Waals surface area contributed by atoms with E-state index < -0.39 is 43.6 Å². The number of nitrogens with two attached hydrogens (primary N) is 1. The van der Waals surface area contributed by atoms with Crippen LogP contribution in [0.15, 0.2) is 24.3 Å². The number of para-hydroxylation sites is 1. The summed E-state index contributed by atoms with van der Waals surface area (Å²) in [5.41, 5.74) is 5.89. The van der Waals surface area contributed by atoms with Crippen LogP contribution in [0.2, 0.25) is 0 Å². The third-order valence-electron chi connectivity index (χ3n) is 2.89. The van der Waals surface area contributed by atoms with Gasteiger partial charge >= 0.3 is 5.97 Å².